The second kappa shape index (κ2) is 6.92. The van der Waals surface area contributed by atoms with Crippen molar-refractivity contribution < 1.29 is 9.53 Å². The number of nitrogens with zero attached hydrogens (tertiary/aromatic N) is 4. The van der Waals surface area contributed by atoms with Gasteiger partial charge in [-0.1, -0.05) is 6.92 Å². The zero-order valence-corrected chi connectivity index (χ0v) is 16.6. The predicted molar refractivity (Wildman–Crippen MR) is 111 cm³/mol. The largest absolute Gasteiger partial charge is 0.497 e. The number of hydrogen-bond acceptors (Lipinski definition) is 4. The van der Waals surface area contributed by atoms with Gasteiger partial charge in [0.15, 0.2) is 5.65 Å². The number of amides is 1. The highest BCUT2D eigenvalue weighted by atomic mass is 16.5. The Bertz CT molecular complexity index is 1210. The minimum absolute atomic E-state index is 0.0260. The molecule has 1 unspecified atom stereocenters. The fraction of sp³-hybridized carbons (Fsp3) is 0.318. The molecule has 4 heterocycles. The van der Waals surface area contributed by atoms with Crippen LogP contribution in [0.15, 0.2) is 42.6 Å². The standard InChI is InChI=1S/C22H23N5O2/c1-3-20-25-18-5-4-9-23-21(18)27(20)15-8-10-26(13-15)22(28)19-12-14-11-16(29-2)6-7-17(14)24-19/h4-7,9,11-12,15,24H,3,8,10,13H2,1-2H3. The number of fused-ring (bicyclic) bond motifs is 2. The van der Waals surface area contributed by atoms with Crippen molar-refractivity contribution in [3.05, 3.63) is 54.1 Å². The maximum atomic E-state index is 13.1. The van der Waals surface area contributed by atoms with Gasteiger partial charge in [-0.3, -0.25) is 4.79 Å². The molecule has 1 N–H and O–H groups in total. The number of carbonyl (C=O) groups is 1. The first kappa shape index (κ1) is 17.7. The number of carbonyl (C=O) groups excluding carboxylic acids is 1. The average molecular weight is 389 g/mol. The van der Waals surface area contributed by atoms with E-state index in [1.54, 1.807) is 13.3 Å². The summed E-state index contributed by atoms with van der Waals surface area (Å²) in [6.07, 6.45) is 3.54. The van der Waals surface area contributed by atoms with E-state index in [1.807, 2.05) is 41.3 Å². The van der Waals surface area contributed by atoms with E-state index < -0.39 is 0 Å². The van der Waals surface area contributed by atoms with Crippen LogP contribution in [0.4, 0.5) is 0 Å². The zero-order valence-electron chi connectivity index (χ0n) is 16.6. The molecule has 1 aliphatic rings. The molecule has 0 spiro atoms. The van der Waals surface area contributed by atoms with Crippen molar-refractivity contribution in [1.29, 1.82) is 0 Å². The third kappa shape index (κ3) is 2.93. The summed E-state index contributed by atoms with van der Waals surface area (Å²) in [5, 5.41) is 0.974. The maximum absolute atomic E-state index is 13.1. The molecule has 1 atom stereocenters. The number of hydrogen-bond donors (Lipinski definition) is 1. The van der Waals surface area contributed by atoms with Gasteiger partial charge in [0.05, 0.1) is 13.2 Å². The van der Waals surface area contributed by atoms with E-state index in [0.717, 1.165) is 53.0 Å². The number of aromatic nitrogens is 4. The molecule has 7 heteroatoms. The number of ether oxygens (including phenoxy) is 1. The number of imidazole rings is 1. The summed E-state index contributed by atoms with van der Waals surface area (Å²) in [5.41, 5.74) is 3.36. The zero-order chi connectivity index (χ0) is 20.0. The second-order valence-corrected chi connectivity index (χ2v) is 7.43. The van der Waals surface area contributed by atoms with Crippen molar-refractivity contribution in [2.24, 2.45) is 0 Å². The minimum atomic E-state index is 0.0260. The first-order valence-corrected chi connectivity index (χ1v) is 9.95. The molecule has 7 nitrogen and oxygen atoms in total. The molecule has 4 aromatic rings. The van der Waals surface area contributed by atoms with Gasteiger partial charge < -0.3 is 19.2 Å². The average Bonchev–Trinajstić information content (AvgIpc) is 3.47. The molecule has 5 rings (SSSR count). The summed E-state index contributed by atoms with van der Waals surface area (Å²) in [6.45, 7) is 3.48. The van der Waals surface area contributed by atoms with E-state index in [9.17, 15) is 4.79 Å². The number of aromatic amines is 1. The van der Waals surface area contributed by atoms with Crippen molar-refractivity contribution in [2.75, 3.05) is 20.2 Å². The molecular weight excluding hydrogens is 366 g/mol. The van der Waals surface area contributed by atoms with Crippen LogP contribution in [-0.2, 0) is 6.42 Å². The fourth-order valence-corrected chi connectivity index (χ4v) is 4.27. The summed E-state index contributed by atoms with van der Waals surface area (Å²) in [4.78, 5) is 27.6. The maximum Gasteiger partial charge on any atom is 0.270 e. The topological polar surface area (TPSA) is 76.0 Å². The van der Waals surface area contributed by atoms with E-state index in [1.165, 1.54) is 0 Å². The van der Waals surface area contributed by atoms with Crippen molar-refractivity contribution in [2.45, 2.75) is 25.8 Å². The normalized spacial score (nSPS) is 16.8. The molecular formula is C22H23N5O2. The molecule has 0 aliphatic carbocycles. The molecule has 148 valence electrons. The van der Waals surface area contributed by atoms with Gasteiger partial charge in [0.1, 0.15) is 22.8 Å². The van der Waals surface area contributed by atoms with Crippen LogP contribution in [0.25, 0.3) is 22.1 Å². The quantitative estimate of drug-likeness (QED) is 0.579. The SMILES string of the molecule is CCc1nc2cccnc2n1C1CCN(C(=O)c2cc3cc(OC)ccc3[nH]2)C1. The Kier molecular flexibility index (Phi) is 4.23. The van der Waals surface area contributed by atoms with Gasteiger partial charge in [-0.05, 0) is 42.8 Å². The molecule has 1 amide bonds. The van der Waals surface area contributed by atoms with Crippen molar-refractivity contribution in [1.82, 2.24) is 24.4 Å². The van der Waals surface area contributed by atoms with Crippen LogP contribution in [-0.4, -0.2) is 50.5 Å². The number of benzene rings is 1. The molecule has 1 aliphatic heterocycles. The lowest BCUT2D eigenvalue weighted by atomic mass is 10.2. The van der Waals surface area contributed by atoms with Crippen LogP contribution in [0.1, 0.15) is 35.7 Å². The summed E-state index contributed by atoms with van der Waals surface area (Å²) >= 11 is 0. The molecule has 3 aromatic heterocycles. The molecule has 1 saturated heterocycles. The van der Waals surface area contributed by atoms with Crippen LogP contribution in [0, 0.1) is 0 Å². The predicted octanol–water partition coefficient (Wildman–Crippen LogP) is 3.57. The van der Waals surface area contributed by atoms with E-state index in [0.29, 0.717) is 12.2 Å². The van der Waals surface area contributed by atoms with Gasteiger partial charge in [0.2, 0.25) is 0 Å². The lowest BCUT2D eigenvalue weighted by Crippen LogP contribution is -2.29. The lowest BCUT2D eigenvalue weighted by molar-refractivity contribution is 0.0783. The number of pyridine rings is 1. The number of aryl methyl sites for hydroxylation is 1. The monoisotopic (exact) mass is 389 g/mol. The third-order valence-electron chi connectivity index (χ3n) is 5.71. The van der Waals surface area contributed by atoms with E-state index in [2.05, 4.69) is 21.5 Å². The van der Waals surface area contributed by atoms with Gasteiger partial charge in [0.25, 0.3) is 5.91 Å². The lowest BCUT2D eigenvalue weighted by Gasteiger charge is -2.18. The Morgan fingerprint density at radius 2 is 2.21 bits per heavy atom. The molecule has 29 heavy (non-hydrogen) atoms. The molecule has 1 aromatic carbocycles. The first-order chi connectivity index (χ1) is 14.2. The first-order valence-electron chi connectivity index (χ1n) is 9.95. The highest BCUT2D eigenvalue weighted by molar-refractivity contribution is 5.98. The highest BCUT2D eigenvalue weighted by Crippen LogP contribution is 2.29. The summed E-state index contributed by atoms with van der Waals surface area (Å²) in [7, 11) is 1.64. The van der Waals surface area contributed by atoms with Crippen LogP contribution in [0.5, 0.6) is 5.75 Å². The van der Waals surface area contributed by atoms with E-state index >= 15 is 0 Å². The summed E-state index contributed by atoms with van der Waals surface area (Å²) < 4.78 is 7.50. The number of methoxy groups -OCH3 is 1. The Hall–Kier alpha value is -3.35. The van der Waals surface area contributed by atoms with Gasteiger partial charge in [-0.25, -0.2) is 9.97 Å². The number of nitrogens with one attached hydrogen (secondary N) is 1. The minimum Gasteiger partial charge on any atom is -0.497 e. The smallest absolute Gasteiger partial charge is 0.270 e. The Morgan fingerprint density at radius 1 is 1.31 bits per heavy atom. The van der Waals surface area contributed by atoms with E-state index in [4.69, 9.17) is 9.72 Å². The number of likely N-dealkylation sites (tertiary alicyclic amines) is 1. The van der Waals surface area contributed by atoms with Gasteiger partial charge in [-0.2, -0.15) is 0 Å². The highest BCUT2D eigenvalue weighted by Gasteiger charge is 2.31. The van der Waals surface area contributed by atoms with Gasteiger partial charge in [-0.15, -0.1) is 0 Å². The van der Waals surface area contributed by atoms with Gasteiger partial charge >= 0.3 is 0 Å². The second-order valence-electron chi connectivity index (χ2n) is 7.43. The Morgan fingerprint density at radius 3 is 3.03 bits per heavy atom. The van der Waals surface area contributed by atoms with Crippen molar-refractivity contribution in [3.8, 4) is 5.75 Å². The van der Waals surface area contributed by atoms with Crippen LogP contribution >= 0.6 is 0 Å². The van der Waals surface area contributed by atoms with Gasteiger partial charge in [0, 0.05) is 36.6 Å². The Balaban J connectivity index is 1.42. The van der Waals surface area contributed by atoms with Crippen molar-refractivity contribution >= 4 is 28.0 Å². The molecule has 0 radical (unpaired) electrons. The number of H-pyrrole nitrogens is 1. The third-order valence-corrected chi connectivity index (χ3v) is 5.71. The summed E-state index contributed by atoms with van der Waals surface area (Å²) in [5.74, 6) is 1.83. The number of rotatable bonds is 4. The fourth-order valence-electron chi connectivity index (χ4n) is 4.27. The van der Waals surface area contributed by atoms with Crippen LogP contribution in [0.3, 0.4) is 0 Å². The van der Waals surface area contributed by atoms with Crippen LogP contribution in [0.2, 0.25) is 0 Å². The molecule has 0 bridgehead atoms. The van der Waals surface area contributed by atoms with Crippen LogP contribution < -0.4 is 4.74 Å². The van der Waals surface area contributed by atoms with E-state index in [-0.39, 0.29) is 11.9 Å². The molecule has 1 fully saturated rings. The molecule has 0 saturated carbocycles. The summed E-state index contributed by atoms with van der Waals surface area (Å²) in [6, 6.07) is 11.8. The van der Waals surface area contributed by atoms with Crippen molar-refractivity contribution in [3.63, 3.8) is 0 Å². The Labute approximate surface area is 168 Å².